The van der Waals surface area contributed by atoms with Gasteiger partial charge in [0.25, 0.3) is 5.56 Å². The summed E-state index contributed by atoms with van der Waals surface area (Å²) in [6, 6.07) is 17.5. The predicted octanol–water partition coefficient (Wildman–Crippen LogP) is 3.37. The summed E-state index contributed by atoms with van der Waals surface area (Å²) in [6.07, 6.45) is 0. The van der Waals surface area contributed by atoms with Gasteiger partial charge in [-0.1, -0.05) is 30.3 Å². The fraction of sp³-hybridized carbons (Fsp3) is 0.167. The van der Waals surface area contributed by atoms with Crippen LogP contribution in [0, 0.1) is 6.92 Å². The molecule has 0 saturated heterocycles. The third-order valence-electron chi connectivity index (χ3n) is 3.71. The van der Waals surface area contributed by atoms with Crippen molar-refractivity contribution in [1.82, 2.24) is 4.57 Å². The number of nitrogens with zero attached hydrogens (tertiary/aromatic N) is 1. The van der Waals surface area contributed by atoms with E-state index in [2.05, 4.69) is 0 Å². The second kappa shape index (κ2) is 5.44. The van der Waals surface area contributed by atoms with Gasteiger partial charge in [-0.15, -0.1) is 0 Å². The zero-order chi connectivity index (χ0) is 14.8. The molecule has 0 aliphatic carbocycles. The Bertz CT molecular complexity index is 835. The van der Waals surface area contributed by atoms with E-state index in [0.29, 0.717) is 6.54 Å². The zero-order valence-electron chi connectivity index (χ0n) is 12.2. The second-order valence-electron chi connectivity index (χ2n) is 5.12. The predicted molar refractivity (Wildman–Crippen MR) is 85.0 cm³/mol. The van der Waals surface area contributed by atoms with Crippen molar-refractivity contribution in [2.45, 2.75) is 13.5 Å². The Kier molecular flexibility index (Phi) is 3.48. The number of benzene rings is 2. The summed E-state index contributed by atoms with van der Waals surface area (Å²) in [6.45, 7) is 2.52. The second-order valence-corrected chi connectivity index (χ2v) is 5.12. The Morgan fingerprint density at radius 1 is 1.05 bits per heavy atom. The van der Waals surface area contributed by atoms with Gasteiger partial charge in [-0.05, 0) is 30.2 Å². The van der Waals surface area contributed by atoms with E-state index in [4.69, 9.17) is 4.74 Å². The molecule has 0 aliphatic rings. The fourth-order valence-corrected chi connectivity index (χ4v) is 2.58. The number of pyridine rings is 1. The molecule has 0 saturated carbocycles. The van der Waals surface area contributed by atoms with Crippen LogP contribution < -0.4 is 10.3 Å². The smallest absolute Gasteiger partial charge is 0.251 e. The Hall–Kier alpha value is -2.55. The molecular formula is C18H17NO2. The maximum Gasteiger partial charge on any atom is 0.251 e. The number of fused-ring (bicyclic) bond motifs is 1. The van der Waals surface area contributed by atoms with E-state index < -0.39 is 0 Å². The Labute approximate surface area is 123 Å². The third-order valence-corrected chi connectivity index (χ3v) is 3.71. The monoisotopic (exact) mass is 279 g/mol. The summed E-state index contributed by atoms with van der Waals surface area (Å²) in [7, 11) is 1.64. The van der Waals surface area contributed by atoms with E-state index in [1.165, 1.54) is 0 Å². The molecule has 2 aromatic carbocycles. The lowest BCUT2D eigenvalue weighted by atomic mass is 10.1. The Morgan fingerprint density at radius 3 is 2.52 bits per heavy atom. The van der Waals surface area contributed by atoms with Crippen LogP contribution in [0.15, 0.2) is 59.4 Å². The largest absolute Gasteiger partial charge is 0.497 e. The van der Waals surface area contributed by atoms with Crippen molar-refractivity contribution in [2.24, 2.45) is 0 Å². The number of rotatable bonds is 3. The lowest BCUT2D eigenvalue weighted by molar-refractivity contribution is 0.415. The first-order valence-corrected chi connectivity index (χ1v) is 6.91. The van der Waals surface area contributed by atoms with Gasteiger partial charge in [-0.2, -0.15) is 0 Å². The topological polar surface area (TPSA) is 31.2 Å². The molecule has 0 radical (unpaired) electrons. The van der Waals surface area contributed by atoms with E-state index in [-0.39, 0.29) is 5.56 Å². The van der Waals surface area contributed by atoms with Crippen molar-refractivity contribution < 1.29 is 4.74 Å². The highest BCUT2D eigenvalue weighted by Crippen LogP contribution is 2.22. The molecule has 0 amide bonds. The first-order chi connectivity index (χ1) is 10.2. The SMILES string of the molecule is COc1ccc2c(C)cc(=O)n(Cc3ccccc3)c2c1. The van der Waals surface area contributed by atoms with Gasteiger partial charge in [0.05, 0.1) is 19.2 Å². The number of methoxy groups -OCH3 is 1. The number of aryl methyl sites for hydroxylation is 1. The van der Waals surface area contributed by atoms with Gasteiger partial charge in [0.2, 0.25) is 0 Å². The summed E-state index contributed by atoms with van der Waals surface area (Å²) in [5.74, 6) is 0.759. The molecule has 1 aromatic heterocycles. The first kappa shape index (κ1) is 13.4. The van der Waals surface area contributed by atoms with Crippen LogP contribution in [-0.2, 0) is 6.54 Å². The lowest BCUT2D eigenvalue weighted by Crippen LogP contribution is -2.21. The van der Waals surface area contributed by atoms with Crippen LogP contribution >= 0.6 is 0 Å². The van der Waals surface area contributed by atoms with Crippen LogP contribution in [-0.4, -0.2) is 11.7 Å². The highest BCUT2D eigenvalue weighted by atomic mass is 16.5. The average Bonchev–Trinajstić information content (AvgIpc) is 2.52. The molecular weight excluding hydrogens is 262 g/mol. The van der Waals surface area contributed by atoms with Crippen LogP contribution in [0.25, 0.3) is 10.9 Å². The van der Waals surface area contributed by atoms with Gasteiger partial charge in [0.1, 0.15) is 5.75 Å². The molecule has 0 spiro atoms. The molecule has 0 unspecified atom stereocenters. The molecule has 3 heteroatoms. The van der Waals surface area contributed by atoms with Gasteiger partial charge in [0, 0.05) is 17.5 Å². The van der Waals surface area contributed by atoms with Crippen LogP contribution in [0.3, 0.4) is 0 Å². The minimum absolute atomic E-state index is 0.0112. The quantitative estimate of drug-likeness (QED) is 0.736. The molecule has 0 aliphatic heterocycles. The molecule has 106 valence electrons. The fourth-order valence-electron chi connectivity index (χ4n) is 2.58. The highest BCUT2D eigenvalue weighted by molar-refractivity contribution is 5.83. The lowest BCUT2D eigenvalue weighted by Gasteiger charge is -2.13. The molecule has 3 nitrogen and oxygen atoms in total. The normalized spacial score (nSPS) is 10.8. The van der Waals surface area contributed by atoms with E-state index >= 15 is 0 Å². The van der Waals surface area contributed by atoms with Crippen LogP contribution in [0.4, 0.5) is 0 Å². The number of hydrogen-bond acceptors (Lipinski definition) is 2. The maximum absolute atomic E-state index is 12.4. The molecule has 0 atom stereocenters. The van der Waals surface area contributed by atoms with E-state index in [9.17, 15) is 4.79 Å². The molecule has 0 fully saturated rings. The summed E-state index contributed by atoms with van der Waals surface area (Å²) >= 11 is 0. The van der Waals surface area contributed by atoms with Crippen LogP contribution in [0.1, 0.15) is 11.1 Å². The van der Waals surface area contributed by atoms with Crippen molar-refractivity contribution >= 4 is 10.9 Å². The molecule has 21 heavy (non-hydrogen) atoms. The van der Waals surface area contributed by atoms with Crippen molar-refractivity contribution in [3.63, 3.8) is 0 Å². The number of hydrogen-bond donors (Lipinski definition) is 0. The molecule has 1 heterocycles. The van der Waals surface area contributed by atoms with Crippen LogP contribution in [0.2, 0.25) is 0 Å². The Balaban J connectivity index is 2.23. The summed E-state index contributed by atoms with van der Waals surface area (Å²) in [5, 5.41) is 1.08. The minimum atomic E-state index is 0.0112. The summed E-state index contributed by atoms with van der Waals surface area (Å²) in [5.41, 5.74) is 3.01. The minimum Gasteiger partial charge on any atom is -0.497 e. The summed E-state index contributed by atoms with van der Waals surface area (Å²) < 4.78 is 7.08. The van der Waals surface area contributed by atoms with Gasteiger partial charge >= 0.3 is 0 Å². The van der Waals surface area contributed by atoms with Gasteiger partial charge in [-0.25, -0.2) is 0 Å². The summed E-state index contributed by atoms with van der Waals surface area (Å²) in [4.78, 5) is 12.4. The third kappa shape index (κ3) is 2.55. The number of ether oxygens (including phenoxy) is 1. The van der Waals surface area contributed by atoms with Gasteiger partial charge < -0.3 is 9.30 Å². The average molecular weight is 279 g/mol. The highest BCUT2D eigenvalue weighted by Gasteiger charge is 2.08. The van der Waals surface area contributed by atoms with Crippen molar-refractivity contribution in [1.29, 1.82) is 0 Å². The van der Waals surface area contributed by atoms with Gasteiger partial charge in [0.15, 0.2) is 0 Å². The zero-order valence-corrected chi connectivity index (χ0v) is 12.2. The van der Waals surface area contributed by atoms with Crippen molar-refractivity contribution in [3.8, 4) is 5.75 Å². The van der Waals surface area contributed by atoms with Crippen LogP contribution in [0.5, 0.6) is 5.75 Å². The molecule has 3 rings (SSSR count). The van der Waals surface area contributed by atoms with E-state index in [0.717, 1.165) is 27.8 Å². The molecule has 0 bridgehead atoms. The van der Waals surface area contributed by atoms with E-state index in [1.54, 1.807) is 17.7 Å². The first-order valence-electron chi connectivity index (χ1n) is 6.91. The molecule has 0 N–H and O–H groups in total. The van der Waals surface area contributed by atoms with Crippen molar-refractivity contribution in [3.05, 3.63) is 76.1 Å². The van der Waals surface area contributed by atoms with Crippen molar-refractivity contribution in [2.75, 3.05) is 7.11 Å². The molecule has 3 aromatic rings. The van der Waals surface area contributed by atoms with Gasteiger partial charge in [-0.3, -0.25) is 4.79 Å². The van der Waals surface area contributed by atoms with E-state index in [1.807, 2.05) is 55.5 Å². The maximum atomic E-state index is 12.4. The number of aromatic nitrogens is 1. The standard InChI is InChI=1S/C18H17NO2/c1-13-10-18(20)19(12-14-6-4-3-5-7-14)17-11-15(21-2)8-9-16(13)17/h3-11H,12H2,1-2H3. The Morgan fingerprint density at radius 2 is 1.81 bits per heavy atom.